The molecule has 6 nitrogen and oxygen atoms in total. The second-order valence-electron chi connectivity index (χ2n) is 6.89. The van der Waals surface area contributed by atoms with E-state index in [1.54, 1.807) is 36.8 Å². The minimum atomic E-state index is -0.501. The second-order valence-corrected chi connectivity index (χ2v) is 7.30. The Kier molecular flexibility index (Phi) is 6.04. The summed E-state index contributed by atoms with van der Waals surface area (Å²) in [6.07, 6.45) is 4.13. The number of benzene rings is 2. The molecule has 4 rings (SSSR count). The number of rotatable bonds is 7. The molecule has 0 aliphatic rings. The first-order valence-corrected chi connectivity index (χ1v) is 9.97. The highest BCUT2D eigenvalue weighted by Crippen LogP contribution is 2.35. The van der Waals surface area contributed by atoms with Crippen molar-refractivity contribution in [3.8, 4) is 33.9 Å². The first-order valence-electron chi connectivity index (χ1n) is 9.59. The zero-order valence-electron chi connectivity index (χ0n) is 16.7. The van der Waals surface area contributed by atoms with Gasteiger partial charge in [-0.05, 0) is 47.5 Å². The smallest absolute Gasteiger partial charge is 0.142 e. The number of phenols is 1. The molecule has 0 atom stereocenters. The number of ether oxygens (including phenoxy) is 1. The van der Waals surface area contributed by atoms with Gasteiger partial charge in [0.05, 0.1) is 24.2 Å². The molecule has 0 bridgehead atoms. The van der Waals surface area contributed by atoms with Crippen LogP contribution in [0.25, 0.3) is 22.4 Å². The Morgan fingerprint density at radius 2 is 2.00 bits per heavy atom. The van der Waals surface area contributed by atoms with Crippen molar-refractivity contribution >= 4 is 17.4 Å². The van der Waals surface area contributed by atoms with E-state index in [-0.39, 0.29) is 10.8 Å². The largest absolute Gasteiger partial charge is 0.507 e. The van der Waals surface area contributed by atoms with Gasteiger partial charge in [-0.2, -0.15) is 0 Å². The number of imidazole rings is 1. The van der Waals surface area contributed by atoms with Crippen LogP contribution in [-0.2, 0) is 6.42 Å². The fraction of sp³-hybridized carbons (Fsp3) is 0.130. The number of hydrogen-bond acceptors (Lipinski definition) is 5. The Bertz CT molecular complexity index is 1200. The van der Waals surface area contributed by atoms with Gasteiger partial charge >= 0.3 is 0 Å². The molecule has 31 heavy (non-hydrogen) atoms. The van der Waals surface area contributed by atoms with Crippen LogP contribution in [0.4, 0.5) is 10.2 Å². The van der Waals surface area contributed by atoms with Gasteiger partial charge in [0.25, 0.3) is 0 Å². The molecule has 3 N–H and O–H groups in total. The van der Waals surface area contributed by atoms with E-state index in [4.69, 9.17) is 16.3 Å². The molecule has 8 heteroatoms. The van der Waals surface area contributed by atoms with E-state index in [2.05, 4.69) is 20.3 Å². The summed E-state index contributed by atoms with van der Waals surface area (Å²) in [6, 6.07) is 13.3. The Labute approximate surface area is 183 Å². The number of halogens is 2. The van der Waals surface area contributed by atoms with Gasteiger partial charge in [0.15, 0.2) is 0 Å². The number of methoxy groups -OCH3 is 1. The van der Waals surface area contributed by atoms with E-state index >= 15 is 0 Å². The van der Waals surface area contributed by atoms with Crippen LogP contribution >= 0.6 is 11.6 Å². The number of aromatic hydroxyl groups is 1. The summed E-state index contributed by atoms with van der Waals surface area (Å²) in [4.78, 5) is 11.7. The van der Waals surface area contributed by atoms with E-state index in [1.807, 2.05) is 6.07 Å². The van der Waals surface area contributed by atoms with Gasteiger partial charge in [-0.3, -0.25) is 0 Å². The number of pyridine rings is 1. The number of aromatic amines is 1. The van der Waals surface area contributed by atoms with Crippen molar-refractivity contribution < 1.29 is 14.2 Å². The topological polar surface area (TPSA) is 83.1 Å². The van der Waals surface area contributed by atoms with Gasteiger partial charge < -0.3 is 20.1 Å². The van der Waals surface area contributed by atoms with Gasteiger partial charge in [0, 0.05) is 36.5 Å². The number of nitrogens with zero attached hydrogens (tertiary/aromatic N) is 2. The summed E-state index contributed by atoms with van der Waals surface area (Å²) in [5, 5.41) is 13.8. The fourth-order valence-corrected chi connectivity index (χ4v) is 3.32. The first kappa shape index (κ1) is 20.7. The highest BCUT2D eigenvalue weighted by Gasteiger charge is 2.12. The Balaban J connectivity index is 1.71. The number of H-pyrrole nitrogens is 1. The van der Waals surface area contributed by atoms with Crippen LogP contribution < -0.4 is 10.1 Å². The Morgan fingerprint density at radius 1 is 1.13 bits per heavy atom. The lowest BCUT2D eigenvalue weighted by Crippen LogP contribution is -2.07. The zero-order chi connectivity index (χ0) is 21.8. The molecule has 0 spiro atoms. The van der Waals surface area contributed by atoms with E-state index < -0.39 is 5.82 Å². The van der Waals surface area contributed by atoms with Crippen molar-refractivity contribution in [3.05, 3.63) is 77.6 Å². The lowest BCUT2D eigenvalue weighted by atomic mass is 10.0. The van der Waals surface area contributed by atoms with Crippen LogP contribution in [0.5, 0.6) is 11.5 Å². The van der Waals surface area contributed by atoms with Crippen molar-refractivity contribution in [2.75, 3.05) is 19.0 Å². The SMILES string of the molecule is COc1ccc(-c2cc(-c3ccc(Cl)c(F)c3)cc(NCCc3cnc[nH]3)n2)c(O)c1. The van der Waals surface area contributed by atoms with Crippen LogP contribution in [-0.4, -0.2) is 33.7 Å². The Morgan fingerprint density at radius 3 is 2.71 bits per heavy atom. The minimum Gasteiger partial charge on any atom is -0.507 e. The number of nitrogens with one attached hydrogen (secondary N) is 2. The third-order valence-electron chi connectivity index (χ3n) is 4.81. The van der Waals surface area contributed by atoms with Gasteiger partial charge in [-0.15, -0.1) is 0 Å². The first-order chi connectivity index (χ1) is 15.0. The van der Waals surface area contributed by atoms with E-state index in [0.29, 0.717) is 34.9 Å². The third-order valence-corrected chi connectivity index (χ3v) is 5.12. The average molecular weight is 439 g/mol. The summed E-state index contributed by atoms with van der Waals surface area (Å²) < 4.78 is 19.2. The van der Waals surface area contributed by atoms with Crippen molar-refractivity contribution in [2.24, 2.45) is 0 Å². The molecule has 0 amide bonds. The number of anilines is 1. The molecule has 2 aromatic carbocycles. The summed E-state index contributed by atoms with van der Waals surface area (Å²) in [6.45, 7) is 0.613. The minimum absolute atomic E-state index is 0.0368. The molecule has 0 saturated carbocycles. The van der Waals surface area contributed by atoms with Crippen LogP contribution in [0, 0.1) is 5.82 Å². The maximum atomic E-state index is 14.1. The number of hydrogen-bond donors (Lipinski definition) is 3. The normalized spacial score (nSPS) is 10.8. The van der Waals surface area contributed by atoms with Crippen LogP contribution in [0.2, 0.25) is 5.02 Å². The van der Waals surface area contributed by atoms with Crippen molar-refractivity contribution in [3.63, 3.8) is 0 Å². The maximum Gasteiger partial charge on any atom is 0.142 e. The highest BCUT2D eigenvalue weighted by atomic mass is 35.5. The molecule has 0 unspecified atom stereocenters. The highest BCUT2D eigenvalue weighted by molar-refractivity contribution is 6.30. The molecule has 2 heterocycles. The van der Waals surface area contributed by atoms with Crippen LogP contribution in [0.1, 0.15) is 5.69 Å². The molecule has 158 valence electrons. The molecule has 0 fully saturated rings. The molecular formula is C23H20ClFN4O2. The summed E-state index contributed by atoms with van der Waals surface area (Å²) in [7, 11) is 1.53. The quantitative estimate of drug-likeness (QED) is 0.364. The van der Waals surface area contributed by atoms with Crippen molar-refractivity contribution in [2.45, 2.75) is 6.42 Å². The Hall–Kier alpha value is -3.58. The molecular weight excluding hydrogens is 419 g/mol. The zero-order valence-corrected chi connectivity index (χ0v) is 17.4. The summed E-state index contributed by atoms with van der Waals surface area (Å²) in [5.41, 5.74) is 3.46. The van der Waals surface area contributed by atoms with Crippen LogP contribution in [0.3, 0.4) is 0 Å². The van der Waals surface area contributed by atoms with Gasteiger partial charge in [-0.1, -0.05) is 17.7 Å². The van der Waals surface area contributed by atoms with E-state index in [1.165, 1.54) is 25.3 Å². The van der Waals surface area contributed by atoms with E-state index in [0.717, 1.165) is 17.7 Å². The summed E-state index contributed by atoms with van der Waals surface area (Å²) in [5.74, 6) is 0.668. The predicted octanol–water partition coefficient (Wildman–Crippen LogP) is 5.30. The fourth-order valence-electron chi connectivity index (χ4n) is 3.20. The van der Waals surface area contributed by atoms with Gasteiger partial charge in [-0.25, -0.2) is 14.4 Å². The van der Waals surface area contributed by atoms with Gasteiger partial charge in [0.2, 0.25) is 0 Å². The summed E-state index contributed by atoms with van der Waals surface area (Å²) >= 11 is 5.84. The van der Waals surface area contributed by atoms with Gasteiger partial charge in [0.1, 0.15) is 23.1 Å². The van der Waals surface area contributed by atoms with Crippen LogP contribution in [0.15, 0.2) is 61.1 Å². The standard InChI is InChI=1S/C23H20ClFN4O2/c1-31-17-3-4-18(22(30)11-17)21-9-15(14-2-5-19(24)20(25)8-14)10-23(29-21)27-7-6-16-12-26-13-28-16/h2-5,8-13,30H,6-7H2,1H3,(H,26,28)(H,27,29). The molecule has 0 aliphatic heterocycles. The number of phenolic OH excluding ortho intramolecular Hbond substituents is 1. The molecule has 0 radical (unpaired) electrons. The lowest BCUT2D eigenvalue weighted by molar-refractivity contribution is 0.408. The maximum absolute atomic E-state index is 14.1. The lowest BCUT2D eigenvalue weighted by Gasteiger charge is -2.13. The monoisotopic (exact) mass is 438 g/mol. The molecule has 0 saturated heterocycles. The average Bonchev–Trinajstić information content (AvgIpc) is 3.29. The number of aromatic nitrogens is 3. The second kappa shape index (κ2) is 9.06. The van der Waals surface area contributed by atoms with Crippen molar-refractivity contribution in [1.82, 2.24) is 15.0 Å². The molecule has 2 aromatic heterocycles. The predicted molar refractivity (Wildman–Crippen MR) is 119 cm³/mol. The van der Waals surface area contributed by atoms with Crippen molar-refractivity contribution in [1.29, 1.82) is 0 Å². The molecule has 0 aliphatic carbocycles. The molecule has 4 aromatic rings. The van der Waals surface area contributed by atoms with E-state index in [9.17, 15) is 9.50 Å². The third kappa shape index (κ3) is 4.78.